The van der Waals surface area contributed by atoms with E-state index in [0.29, 0.717) is 28.6 Å². The number of aromatic nitrogens is 3. The Bertz CT molecular complexity index is 1610. The molecule has 8 nitrogen and oxygen atoms in total. The number of fused-ring (bicyclic) bond motifs is 3. The molecule has 0 amide bonds. The monoisotopic (exact) mass is 579 g/mol. The lowest BCUT2D eigenvalue weighted by molar-refractivity contribution is -0.137. The molecule has 8 rings (SSSR count). The van der Waals surface area contributed by atoms with Crippen LogP contribution in [0.3, 0.4) is 0 Å². The lowest BCUT2D eigenvalue weighted by Crippen LogP contribution is -2.49. The number of benzene rings is 2. The Hall–Kier alpha value is -3.99. The molecule has 4 aromatic rings. The van der Waals surface area contributed by atoms with E-state index in [0.717, 1.165) is 57.4 Å². The number of aromatic carboxylic acids is 1. The molecule has 2 heterocycles. The van der Waals surface area contributed by atoms with Gasteiger partial charge in [0.05, 0.1) is 28.7 Å². The van der Waals surface area contributed by atoms with Crippen LogP contribution in [0, 0.1) is 0 Å². The van der Waals surface area contributed by atoms with Crippen molar-refractivity contribution in [3.8, 4) is 22.6 Å². The smallest absolute Gasteiger partial charge is 0.417 e. The Kier molecular flexibility index (Phi) is 6.27. The quantitative estimate of drug-likeness (QED) is 0.228. The fourth-order valence-electron chi connectivity index (χ4n) is 6.51. The van der Waals surface area contributed by atoms with Gasteiger partial charge in [0.15, 0.2) is 0 Å². The van der Waals surface area contributed by atoms with E-state index >= 15 is 0 Å². The maximum atomic E-state index is 13.8. The first-order valence-corrected chi connectivity index (χ1v) is 14.1. The Balaban J connectivity index is 1.08. The van der Waals surface area contributed by atoms with E-state index in [-0.39, 0.29) is 34.8 Å². The highest BCUT2D eigenvalue weighted by Gasteiger charge is 2.53. The lowest BCUT2D eigenvalue weighted by atomic mass is 9.58. The Morgan fingerprint density at radius 3 is 2.29 bits per heavy atom. The molecule has 2 aromatic carbocycles. The van der Waals surface area contributed by atoms with Crippen LogP contribution in [0.1, 0.15) is 90.4 Å². The van der Waals surface area contributed by atoms with Crippen LogP contribution in [0.15, 0.2) is 57.6 Å². The summed E-state index contributed by atoms with van der Waals surface area (Å²) in [5, 5.41) is 17.4. The molecule has 4 aliphatic carbocycles. The predicted molar refractivity (Wildman–Crippen MR) is 143 cm³/mol. The number of rotatable bonds is 8. The van der Waals surface area contributed by atoms with Gasteiger partial charge in [-0.15, -0.1) is 0 Å². The Labute approximate surface area is 238 Å². The summed E-state index contributed by atoms with van der Waals surface area (Å²) in [6, 6.07) is 11.8. The van der Waals surface area contributed by atoms with E-state index < -0.39 is 23.3 Å². The molecule has 4 saturated carbocycles. The average Bonchev–Trinajstić information content (AvgIpc) is 3.55. The Morgan fingerprint density at radius 1 is 0.952 bits per heavy atom. The molecule has 4 aliphatic rings. The number of halogens is 3. The molecule has 0 saturated heterocycles. The maximum absolute atomic E-state index is 13.8. The zero-order valence-electron chi connectivity index (χ0n) is 22.6. The first-order valence-electron chi connectivity index (χ1n) is 14.1. The minimum Gasteiger partial charge on any atom is -0.478 e. The number of ether oxygens (including phenoxy) is 1. The second kappa shape index (κ2) is 9.79. The van der Waals surface area contributed by atoms with Crippen molar-refractivity contribution in [3.63, 3.8) is 0 Å². The van der Waals surface area contributed by atoms with E-state index in [9.17, 15) is 18.0 Å². The fraction of sp³-hybridized carbons (Fsp3) is 0.419. The van der Waals surface area contributed by atoms with Crippen molar-refractivity contribution in [1.82, 2.24) is 15.3 Å². The number of carbonyl (C=O) groups is 1. The van der Waals surface area contributed by atoms with Crippen molar-refractivity contribution < 1.29 is 36.9 Å². The van der Waals surface area contributed by atoms with Crippen LogP contribution in [-0.2, 0) is 22.9 Å². The molecule has 0 spiro atoms. The molecular weight excluding hydrogens is 551 g/mol. The summed E-state index contributed by atoms with van der Waals surface area (Å²) in [5.41, 5.74) is 0.298. The number of carboxylic acids is 1. The van der Waals surface area contributed by atoms with Gasteiger partial charge >= 0.3 is 12.1 Å². The van der Waals surface area contributed by atoms with Crippen LogP contribution in [0.25, 0.3) is 22.6 Å². The van der Waals surface area contributed by atoms with Crippen molar-refractivity contribution in [3.05, 3.63) is 76.9 Å². The molecule has 11 heteroatoms. The molecular formula is C31H28F3N3O5. The molecule has 0 radical (unpaired) electrons. The predicted octanol–water partition coefficient (Wildman–Crippen LogP) is 7.55. The first-order chi connectivity index (χ1) is 20.2. The largest absolute Gasteiger partial charge is 0.478 e. The summed E-state index contributed by atoms with van der Waals surface area (Å²) in [7, 11) is 0. The van der Waals surface area contributed by atoms with E-state index in [1.165, 1.54) is 24.3 Å². The van der Waals surface area contributed by atoms with Gasteiger partial charge in [-0.05, 0) is 69.6 Å². The summed E-state index contributed by atoms with van der Waals surface area (Å²) in [6.45, 7) is 0.140. The normalized spacial score (nSPS) is 23.8. The van der Waals surface area contributed by atoms with E-state index in [2.05, 4.69) is 15.3 Å². The molecule has 4 fully saturated rings. The van der Waals surface area contributed by atoms with Crippen LogP contribution in [-0.4, -0.2) is 32.0 Å². The molecule has 2 aromatic heterocycles. The summed E-state index contributed by atoms with van der Waals surface area (Å²) < 4.78 is 59.5. The standard InChI is InChI=1S/C31H28F3N3O5/c32-31(33,34)23-4-2-1-3-21(23)24-22(25(41-36-24)18-5-6-18)17-40-30-14-11-29(12-15-30,13-16-30)28-35-26(37-42-28)19-7-9-20(10-8-19)27(38)39/h1-4,7-10,18H,5-6,11-17H2,(H,38,39). The second-order valence-corrected chi connectivity index (χ2v) is 11.7. The third kappa shape index (κ3) is 4.69. The van der Waals surface area contributed by atoms with Crippen molar-refractivity contribution in [2.45, 2.75) is 81.1 Å². The molecule has 1 N–H and O–H groups in total. The van der Waals surface area contributed by atoms with E-state index in [4.69, 9.17) is 18.9 Å². The SMILES string of the molecule is O=C(O)c1ccc(-c2noc(C34CCC(OCc5c(-c6ccccc6C(F)(F)F)noc5C5CC5)(CC3)CC4)n2)cc1. The van der Waals surface area contributed by atoms with Gasteiger partial charge in [0.1, 0.15) is 11.5 Å². The van der Waals surface area contributed by atoms with Gasteiger partial charge in [0.2, 0.25) is 11.7 Å². The molecule has 42 heavy (non-hydrogen) atoms. The van der Waals surface area contributed by atoms with Gasteiger partial charge in [-0.25, -0.2) is 4.79 Å². The minimum absolute atomic E-state index is 0.00727. The van der Waals surface area contributed by atoms with Gasteiger partial charge < -0.3 is 18.9 Å². The third-order valence-electron chi connectivity index (χ3n) is 9.22. The van der Waals surface area contributed by atoms with Crippen LogP contribution in [0.5, 0.6) is 0 Å². The second-order valence-electron chi connectivity index (χ2n) is 11.7. The summed E-state index contributed by atoms with van der Waals surface area (Å²) in [4.78, 5) is 15.8. The molecule has 0 atom stereocenters. The number of alkyl halides is 3. The molecule has 218 valence electrons. The first kappa shape index (κ1) is 26.9. The van der Waals surface area contributed by atoms with Gasteiger partial charge in [-0.2, -0.15) is 18.2 Å². The number of carboxylic acid groups (broad SMARTS) is 1. The van der Waals surface area contributed by atoms with Crippen molar-refractivity contribution in [1.29, 1.82) is 0 Å². The van der Waals surface area contributed by atoms with Gasteiger partial charge in [-0.1, -0.05) is 40.6 Å². The summed E-state index contributed by atoms with van der Waals surface area (Å²) >= 11 is 0. The molecule has 0 aliphatic heterocycles. The zero-order chi connectivity index (χ0) is 29.1. The highest BCUT2D eigenvalue weighted by Crippen LogP contribution is 2.55. The van der Waals surface area contributed by atoms with Gasteiger partial charge in [-0.3, -0.25) is 0 Å². The maximum Gasteiger partial charge on any atom is 0.417 e. The lowest BCUT2D eigenvalue weighted by Gasteiger charge is -2.51. The van der Waals surface area contributed by atoms with Crippen LogP contribution in [0.4, 0.5) is 13.2 Å². The fourth-order valence-corrected chi connectivity index (χ4v) is 6.51. The summed E-state index contributed by atoms with van der Waals surface area (Å²) in [5.74, 6) is 0.794. The van der Waals surface area contributed by atoms with E-state index in [1.807, 2.05) is 0 Å². The van der Waals surface area contributed by atoms with Crippen LogP contribution < -0.4 is 0 Å². The molecule has 2 bridgehead atoms. The van der Waals surface area contributed by atoms with E-state index in [1.54, 1.807) is 18.2 Å². The average molecular weight is 580 g/mol. The molecule has 0 unspecified atom stereocenters. The van der Waals surface area contributed by atoms with Crippen molar-refractivity contribution in [2.75, 3.05) is 0 Å². The topological polar surface area (TPSA) is 111 Å². The van der Waals surface area contributed by atoms with Gasteiger partial charge in [0, 0.05) is 22.6 Å². The Morgan fingerprint density at radius 2 is 1.64 bits per heavy atom. The summed E-state index contributed by atoms with van der Waals surface area (Å²) in [6.07, 6.45) is 1.97. The highest BCUT2D eigenvalue weighted by atomic mass is 19.4. The van der Waals surface area contributed by atoms with Crippen LogP contribution >= 0.6 is 0 Å². The minimum atomic E-state index is -4.52. The third-order valence-corrected chi connectivity index (χ3v) is 9.22. The number of hydrogen-bond donors (Lipinski definition) is 1. The number of hydrogen-bond acceptors (Lipinski definition) is 7. The number of nitrogens with zero attached hydrogens (tertiary/aromatic N) is 3. The van der Waals surface area contributed by atoms with Crippen molar-refractivity contribution >= 4 is 5.97 Å². The highest BCUT2D eigenvalue weighted by molar-refractivity contribution is 5.88. The zero-order valence-corrected chi connectivity index (χ0v) is 22.6. The van der Waals surface area contributed by atoms with Crippen LogP contribution in [0.2, 0.25) is 0 Å². The van der Waals surface area contributed by atoms with Crippen molar-refractivity contribution in [2.24, 2.45) is 0 Å². The van der Waals surface area contributed by atoms with Gasteiger partial charge in [0.25, 0.3) is 0 Å².